The minimum absolute atomic E-state index is 0.170. The lowest BCUT2D eigenvalue weighted by Gasteiger charge is -2.28. The molecule has 0 radical (unpaired) electrons. The highest BCUT2D eigenvalue weighted by atomic mass is 16.5. The molecule has 1 aliphatic rings. The number of hydrogen-bond donors (Lipinski definition) is 1. The van der Waals surface area contributed by atoms with Crippen molar-refractivity contribution in [3.05, 3.63) is 59.4 Å². The normalized spacial score (nSPS) is 13.8. The number of anilines is 2. The predicted octanol–water partition coefficient (Wildman–Crippen LogP) is 2.16. The van der Waals surface area contributed by atoms with Crippen molar-refractivity contribution in [3.63, 3.8) is 0 Å². The lowest BCUT2D eigenvalue weighted by atomic mass is 10.1. The van der Waals surface area contributed by atoms with E-state index < -0.39 is 0 Å². The number of benzene rings is 1. The zero-order chi connectivity index (χ0) is 22.3. The molecule has 3 aromatic rings. The summed E-state index contributed by atoms with van der Waals surface area (Å²) in [6.45, 7) is 5.17. The van der Waals surface area contributed by atoms with Gasteiger partial charge in [0.05, 0.1) is 32.4 Å². The van der Waals surface area contributed by atoms with Crippen LogP contribution in [0.25, 0.3) is 0 Å². The molecule has 1 amide bonds. The molecule has 0 atom stereocenters. The van der Waals surface area contributed by atoms with Gasteiger partial charge in [0, 0.05) is 38.8 Å². The van der Waals surface area contributed by atoms with E-state index in [1.54, 1.807) is 4.68 Å². The van der Waals surface area contributed by atoms with Gasteiger partial charge in [-0.15, -0.1) is 0 Å². The maximum absolute atomic E-state index is 12.6. The van der Waals surface area contributed by atoms with E-state index in [-0.39, 0.29) is 18.3 Å². The molecule has 0 spiro atoms. The minimum Gasteiger partial charge on any atom is -0.477 e. The molecule has 4 rings (SSSR count). The third-order valence-electron chi connectivity index (χ3n) is 5.12. The Morgan fingerprint density at radius 3 is 2.78 bits per heavy atom. The first-order chi connectivity index (χ1) is 15.5. The number of hydrogen-bond acceptors (Lipinski definition) is 7. The maximum Gasteiger partial charge on any atom is 0.234 e. The smallest absolute Gasteiger partial charge is 0.234 e. The maximum atomic E-state index is 12.6. The zero-order valence-corrected chi connectivity index (χ0v) is 18.5. The molecular formula is C23H28N6O3. The highest BCUT2D eigenvalue weighted by Crippen LogP contribution is 2.21. The summed E-state index contributed by atoms with van der Waals surface area (Å²) in [6, 6.07) is 9.69. The van der Waals surface area contributed by atoms with E-state index in [2.05, 4.69) is 25.3 Å². The van der Waals surface area contributed by atoms with Crippen LogP contribution in [-0.2, 0) is 29.4 Å². The van der Waals surface area contributed by atoms with Gasteiger partial charge in [0.2, 0.25) is 17.7 Å². The Hall–Kier alpha value is -3.46. The molecule has 0 aliphatic carbocycles. The Balaban J connectivity index is 1.46. The van der Waals surface area contributed by atoms with E-state index in [1.807, 2.05) is 56.7 Å². The molecular weight excluding hydrogens is 408 g/mol. The molecule has 32 heavy (non-hydrogen) atoms. The van der Waals surface area contributed by atoms with Crippen LogP contribution in [0, 0.1) is 6.92 Å². The van der Waals surface area contributed by atoms with Crippen LogP contribution in [0.15, 0.2) is 42.7 Å². The van der Waals surface area contributed by atoms with E-state index in [4.69, 9.17) is 9.47 Å². The number of aryl methyl sites for hydroxylation is 2. The topological polar surface area (TPSA) is 94.4 Å². The SMILES string of the molecule is Cc1cccc(CC(=O)Nc2nc(OCCc3cnn(C)c3)cc(N3CCOCC3)n2)c1. The predicted molar refractivity (Wildman–Crippen MR) is 121 cm³/mol. The number of nitrogens with one attached hydrogen (secondary N) is 1. The first kappa shape index (κ1) is 21.8. The van der Waals surface area contributed by atoms with Crippen LogP contribution in [0.2, 0.25) is 0 Å². The second-order valence-corrected chi connectivity index (χ2v) is 7.82. The molecule has 1 aromatic carbocycles. The van der Waals surface area contributed by atoms with Crippen LogP contribution in [0.1, 0.15) is 16.7 Å². The molecule has 0 unspecified atom stereocenters. The molecule has 168 valence electrons. The molecule has 9 heteroatoms. The van der Waals surface area contributed by atoms with Crippen LogP contribution in [0.5, 0.6) is 5.88 Å². The Morgan fingerprint density at radius 1 is 1.19 bits per heavy atom. The number of aromatic nitrogens is 4. The van der Waals surface area contributed by atoms with E-state index in [0.29, 0.717) is 37.9 Å². The van der Waals surface area contributed by atoms with Crippen molar-refractivity contribution >= 4 is 17.7 Å². The zero-order valence-electron chi connectivity index (χ0n) is 18.5. The minimum atomic E-state index is -0.170. The van der Waals surface area contributed by atoms with E-state index in [9.17, 15) is 4.79 Å². The molecule has 1 N–H and O–H groups in total. The highest BCUT2D eigenvalue weighted by Gasteiger charge is 2.17. The van der Waals surface area contributed by atoms with E-state index >= 15 is 0 Å². The van der Waals surface area contributed by atoms with Gasteiger partial charge in [-0.3, -0.25) is 14.8 Å². The summed E-state index contributed by atoms with van der Waals surface area (Å²) in [5, 5.41) is 7.00. The van der Waals surface area contributed by atoms with Gasteiger partial charge in [-0.05, 0) is 18.1 Å². The summed E-state index contributed by atoms with van der Waals surface area (Å²) in [5.41, 5.74) is 3.14. The first-order valence-electron chi connectivity index (χ1n) is 10.7. The van der Waals surface area contributed by atoms with Gasteiger partial charge < -0.3 is 14.4 Å². The van der Waals surface area contributed by atoms with Gasteiger partial charge in [0.15, 0.2) is 0 Å². The van der Waals surface area contributed by atoms with Crippen LogP contribution < -0.4 is 15.0 Å². The standard InChI is InChI=1S/C23H28N6O3/c1-17-4-3-5-18(12-17)13-21(30)26-23-25-20(29-7-10-31-11-8-29)14-22(27-23)32-9-6-19-15-24-28(2)16-19/h3-5,12,14-16H,6-11,13H2,1-2H3,(H,25,26,27,30). The van der Waals surface area contributed by atoms with Gasteiger partial charge in [-0.1, -0.05) is 29.8 Å². The molecule has 1 fully saturated rings. The fourth-order valence-corrected chi connectivity index (χ4v) is 3.55. The lowest BCUT2D eigenvalue weighted by Crippen LogP contribution is -2.37. The Labute approximate surface area is 187 Å². The number of rotatable bonds is 8. The second-order valence-electron chi connectivity index (χ2n) is 7.82. The van der Waals surface area contributed by atoms with Crippen molar-refractivity contribution in [2.45, 2.75) is 19.8 Å². The van der Waals surface area contributed by atoms with Crippen molar-refractivity contribution in [2.24, 2.45) is 7.05 Å². The summed E-state index contributed by atoms with van der Waals surface area (Å²) < 4.78 is 13.1. The van der Waals surface area contributed by atoms with Crippen LogP contribution >= 0.6 is 0 Å². The lowest BCUT2D eigenvalue weighted by molar-refractivity contribution is -0.115. The summed E-state index contributed by atoms with van der Waals surface area (Å²) in [7, 11) is 1.88. The third-order valence-corrected chi connectivity index (χ3v) is 5.12. The van der Waals surface area contributed by atoms with Gasteiger partial charge in [-0.25, -0.2) is 0 Å². The summed E-state index contributed by atoms with van der Waals surface area (Å²) in [5.74, 6) is 1.21. The molecule has 9 nitrogen and oxygen atoms in total. The van der Waals surface area contributed by atoms with Crippen molar-refractivity contribution < 1.29 is 14.3 Å². The van der Waals surface area contributed by atoms with Crippen LogP contribution in [0.4, 0.5) is 11.8 Å². The quantitative estimate of drug-likeness (QED) is 0.578. The monoisotopic (exact) mass is 436 g/mol. The fourth-order valence-electron chi connectivity index (χ4n) is 3.55. The average Bonchev–Trinajstić information content (AvgIpc) is 3.19. The van der Waals surface area contributed by atoms with Crippen LogP contribution in [-0.4, -0.2) is 58.6 Å². The van der Waals surface area contributed by atoms with Crippen molar-refractivity contribution in [1.82, 2.24) is 19.7 Å². The van der Waals surface area contributed by atoms with Crippen molar-refractivity contribution in [2.75, 3.05) is 43.1 Å². The first-order valence-corrected chi connectivity index (χ1v) is 10.7. The van der Waals surface area contributed by atoms with E-state index in [0.717, 1.165) is 29.8 Å². The largest absolute Gasteiger partial charge is 0.477 e. The van der Waals surface area contributed by atoms with Gasteiger partial charge >= 0.3 is 0 Å². The number of carbonyl (C=O) groups excluding carboxylic acids is 1. The van der Waals surface area contributed by atoms with Crippen molar-refractivity contribution in [1.29, 1.82) is 0 Å². The number of morpholine rings is 1. The molecule has 1 saturated heterocycles. The van der Waals surface area contributed by atoms with Crippen LogP contribution in [0.3, 0.4) is 0 Å². The summed E-state index contributed by atoms with van der Waals surface area (Å²) in [6.07, 6.45) is 4.74. The van der Waals surface area contributed by atoms with Gasteiger partial charge in [0.25, 0.3) is 0 Å². The number of amides is 1. The van der Waals surface area contributed by atoms with Gasteiger partial charge in [-0.2, -0.15) is 15.1 Å². The molecule has 0 bridgehead atoms. The Kier molecular flexibility index (Phi) is 6.96. The third kappa shape index (κ3) is 6.04. The Bertz CT molecular complexity index is 1060. The number of carbonyl (C=O) groups is 1. The van der Waals surface area contributed by atoms with E-state index in [1.165, 1.54) is 0 Å². The second kappa shape index (κ2) is 10.2. The molecule has 3 heterocycles. The molecule has 1 aliphatic heterocycles. The number of nitrogens with zero attached hydrogens (tertiary/aromatic N) is 5. The molecule has 2 aromatic heterocycles. The Morgan fingerprint density at radius 2 is 2.03 bits per heavy atom. The highest BCUT2D eigenvalue weighted by molar-refractivity contribution is 5.90. The summed E-state index contributed by atoms with van der Waals surface area (Å²) in [4.78, 5) is 23.7. The summed E-state index contributed by atoms with van der Waals surface area (Å²) >= 11 is 0. The fraction of sp³-hybridized carbons (Fsp3) is 0.391. The van der Waals surface area contributed by atoms with Crippen molar-refractivity contribution in [3.8, 4) is 5.88 Å². The van der Waals surface area contributed by atoms with Gasteiger partial charge in [0.1, 0.15) is 5.82 Å². The molecule has 0 saturated carbocycles. The average molecular weight is 437 g/mol. The number of ether oxygens (including phenoxy) is 2.